The first-order chi connectivity index (χ1) is 10.5. The second-order valence-corrected chi connectivity index (χ2v) is 6.34. The van der Waals surface area contributed by atoms with Crippen molar-refractivity contribution in [2.24, 2.45) is 11.1 Å². The Hall–Kier alpha value is -2.04. The summed E-state index contributed by atoms with van der Waals surface area (Å²) in [7, 11) is 0. The second-order valence-electron chi connectivity index (χ2n) is 6.34. The number of oxime groups is 1. The van der Waals surface area contributed by atoms with Crippen molar-refractivity contribution in [3.8, 4) is 5.75 Å². The predicted molar refractivity (Wildman–Crippen MR) is 83.9 cm³/mol. The molecular formula is C17H22N2O3. The average molecular weight is 302 g/mol. The van der Waals surface area contributed by atoms with Gasteiger partial charge in [-0.25, -0.2) is 0 Å². The Morgan fingerprint density at radius 2 is 2.18 bits per heavy atom. The average Bonchev–Trinajstić information content (AvgIpc) is 2.92. The van der Waals surface area contributed by atoms with Gasteiger partial charge in [-0.3, -0.25) is 4.79 Å². The van der Waals surface area contributed by atoms with Crippen LogP contribution in [0.15, 0.2) is 29.4 Å². The molecule has 118 valence electrons. The summed E-state index contributed by atoms with van der Waals surface area (Å²) in [6.45, 7) is 7.38. The summed E-state index contributed by atoms with van der Waals surface area (Å²) < 4.78 is 5.87. The summed E-state index contributed by atoms with van der Waals surface area (Å²) in [5.74, 6) is 1.20. The van der Waals surface area contributed by atoms with E-state index < -0.39 is 6.10 Å². The number of carbonyl (C=O) groups excluding carboxylic acids is 1. The van der Waals surface area contributed by atoms with E-state index in [0.29, 0.717) is 25.4 Å². The number of rotatable bonds is 4. The van der Waals surface area contributed by atoms with Crippen molar-refractivity contribution in [2.45, 2.75) is 39.4 Å². The van der Waals surface area contributed by atoms with Crippen LogP contribution in [0.3, 0.4) is 0 Å². The molecule has 1 aromatic carbocycles. The fraction of sp³-hybridized carbons (Fsp3) is 0.529. The first-order valence-electron chi connectivity index (χ1n) is 7.77. The Kier molecular flexibility index (Phi) is 4.05. The molecule has 0 bridgehead atoms. The van der Waals surface area contributed by atoms with Crippen LogP contribution in [0.4, 0.5) is 0 Å². The second kappa shape index (κ2) is 5.99. The Morgan fingerprint density at radius 3 is 2.82 bits per heavy atom. The van der Waals surface area contributed by atoms with E-state index in [2.05, 4.69) is 19.0 Å². The molecule has 0 saturated carbocycles. The fourth-order valence-corrected chi connectivity index (χ4v) is 2.65. The van der Waals surface area contributed by atoms with E-state index in [4.69, 9.17) is 9.57 Å². The summed E-state index contributed by atoms with van der Waals surface area (Å²) in [4.78, 5) is 19.4. The molecule has 5 heteroatoms. The molecule has 0 aliphatic carbocycles. The number of likely N-dealkylation sites (tertiary alicyclic amines) is 1. The topological polar surface area (TPSA) is 51.1 Å². The highest BCUT2D eigenvalue weighted by Crippen LogP contribution is 2.23. The van der Waals surface area contributed by atoms with Crippen molar-refractivity contribution in [2.75, 3.05) is 13.1 Å². The van der Waals surface area contributed by atoms with Gasteiger partial charge in [0.1, 0.15) is 11.9 Å². The zero-order chi connectivity index (χ0) is 15.7. The van der Waals surface area contributed by atoms with Crippen LogP contribution < -0.4 is 4.74 Å². The fourth-order valence-electron chi connectivity index (χ4n) is 2.65. The monoisotopic (exact) mass is 302 g/mol. The number of nitrogens with zero attached hydrogens (tertiary/aromatic N) is 2. The van der Waals surface area contributed by atoms with Crippen LogP contribution >= 0.6 is 0 Å². The van der Waals surface area contributed by atoms with Gasteiger partial charge in [0.25, 0.3) is 5.91 Å². The van der Waals surface area contributed by atoms with Gasteiger partial charge in [-0.2, -0.15) is 0 Å². The Balaban J connectivity index is 1.46. The zero-order valence-corrected chi connectivity index (χ0v) is 13.3. The molecule has 2 aliphatic rings. The molecule has 22 heavy (non-hydrogen) atoms. The predicted octanol–water partition coefficient (Wildman–Crippen LogP) is 2.39. The van der Waals surface area contributed by atoms with Crippen LogP contribution in [-0.2, 0) is 9.63 Å². The maximum Gasteiger partial charge on any atom is 0.267 e. The van der Waals surface area contributed by atoms with Crippen LogP contribution in [0.25, 0.3) is 0 Å². The van der Waals surface area contributed by atoms with E-state index in [1.54, 1.807) is 4.90 Å². The van der Waals surface area contributed by atoms with Gasteiger partial charge in [0, 0.05) is 6.42 Å². The lowest BCUT2D eigenvalue weighted by Gasteiger charge is -2.39. The number of aryl methyl sites for hydroxylation is 1. The standard InChI is InChI=1S/C17H22N2O3/c1-11(2)15-8-16(22-18-15)17(20)19-9-14(10-19)21-13-6-4-5-12(3)7-13/h4-7,11,14,16H,8-10H2,1-3H3/t16-/m0/s1. The lowest BCUT2D eigenvalue weighted by atomic mass is 10.0. The van der Waals surface area contributed by atoms with Crippen molar-refractivity contribution in [1.82, 2.24) is 4.90 Å². The summed E-state index contributed by atoms with van der Waals surface area (Å²) in [6, 6.07) is 7.96. The van der Waals surface area contributed by atoms with Crippen LogP contribution in [0, 0.1) is 12.8 Å². The summed E-state index contributed by atoms with van der Waals surface area (Å²) in [6.07, 6.45) is 0.228. The van der Waals surface area contributed by atoms with Crippen molar-refractivity contribution in [3.63, 3.8) is 0 Å². The van der Waals surface area contributed by atoms with Gasteiger partial charge in [0.05, 0.1) is 18.8 Å². The third-order valence-electron chi connectivity index (χ3n) is 4.09. The van der Waals surface area contributed by atoms with E-state index in [9.17, 15) is 4.79 Å². The van der Waals surface area contributed by atoms with Gasteiger partial charge in [-0.1, -0.05) is 31.1 Å². The number of hydrogen-bond donors (Lipinski definition) is 0. The molecule has 3 rings (SSSR count). The number of amides is 1. The minimum absolute atomic E-state index is 0.0171. The van der Waals surface area contributed by atoms with Crippen molar-refractivity contribution >= 4 is 11.6 Å². The molecular weight excluding hydrogens is 280 g/mol. The van der Waals surface area contributed by atoms with E-state index >= 15 is 0 Å². The minimum Gasteiger partial charge on any atom is -0.487 e. The highest BCUT2D eigenvalue weighted by Gasteiger charge is 2.39. The van der Waals surface area contributed by atoms with Crippen LogP contribution in [0.5, 0.6) is 5.75 Å². The van der Waals surface area contributed by atoms with Gasteiger partial charge in [-0.15, -0.1) is 0 Å². The molecule has 1 atom stereocenters. The van der Waals surface area contributed by atoms with E-state index in [0.717, 1.165) is 11.5 Å². The van der Waals surface area contributed by atoms with E-state index in [1.807, 2.05) is 31.2 Å². The summed E-state index contributed by atoms with van der Waals surface area (Å²) >= 11 is 0. The molecule has 1 fully saturated rings. The molecule has 0 spiro atoms. The lowest BCUT2D eigenvalue weighted by molar-refractivity contribution is -0.151. The first-order valence-corrected chi connectivity index (χ1v) is 7.77. The summed E-state index contributed by atoms with van der Waals surface area (Å²) in [5, 5.41) is 4.01. The Bertz CT molecular complexity index is 591. The minimum atomic E-state index is -0.447. The highest BCUT2D eigenvalue weighted by atomic mass is 16.6. The molecule has 0 N–H and O–H groups in total. The third kappa shape index (κ3) is 3.08. The van der Waals surface area contributed by atoms with E-state index in [-0.39, 0.29) is 12.0 Å². The van der Waals surface area contributed by atoms with E-state index in [1.165, 1.54) is 5.56 Å². The molecule has 1 amide bonds. The van der Waals surface area contributed by atoms with Gasteiger partial charge < -0.3 is 14.5 Å². The largest absolute Gasteiger partial charge is 0.487 e. The first kappa shape index (κ1) is 14.9. The maximum atomic E-state index is 12.3. The highest BCUT2D eigenvalue weighted by molar-refractivity contribution is 5.94. The molecule has 2 heterocycles. The molecule has 1 saturated heterocycles. The maximum absolute atomic E-state index is 12.3. The zero-order valence-electron chi connectivity index (χ0n) is 13.3. The SMILES string of the molecule is Cc1cccc(OC2CN(C(=O)[C@@H]3CC(C(C)C)=NO3)C2)c1. The van der Waals surface area contributed by atoms with Crippen molar-refractivity contribution in [1.29, 1.82) is 0 Å². The van der Waals surface area contributed by atoms with Gasteiger partial charge in [0.15, 0.2) is 0 Å². The van der Waals surface area contributed by atoms with Crippen molar-refractivity contribution < 1.29 is 14.4 Å². The molecule has 1 aromatic rings. The normalized spacial score (nSPS) is 21.4. The molecule has 0 aromatic heterocycles. The number of carbonyl (C=O) groups is 1. The number of benzene rings is 1. The van der Waals surface area contributed by atoms with Crippen LogP contribution in [0.1, 0.15) is 25.8 Å². The van der Waals surface area contributed by atoms with Crippen molar-refractivity contribution in [3.05, 3.63) is 29.8 Å². The van der Waals surface area contributed by atoms with Gasteiger partial charge >= 0.3 is 0 Å². The smallest absolute Gasteiger partial charge is 0.267 e. The molecule has 0 radical (unpaired) electrons. The lowest BCUT2D eigenvalue weighted by Crippen LogP contribution is -2.58. The van der Waals surface area contributed by atoms with Gasteiger partial charge in [-0.05, 0) is 30.5 Å². The number of hydrogen-bond acceptors (Lipinski definition) is 4. The quantitative estimate of drug-likeness (QED) is 0.858. The Labute approximate surface area is 130 Å². The third-order valence-corrected chi connectivity index (χ3v) is 4.09. The number of ether oxygens (including phenoxy) is 1. The summed E-state index contributed by atoms with van der Waals surface area (Å²) in [5.41, 5.74) is 2.13. The Morgan fingerprint density at radius 1 is 1.41 bits per heavy atom. The van der Waals surface area contributed by atoms with Gasteiger partial charge in [0.2, 0.25) is 6.10 Å². The van der Waals surface area contributed by atoms with Crippen LogP contribution in [-0.4, -0.2) is 41.8 Å². The molecule has 0 unspecified atom stereocenters. The van der Waals surface area contributed by atoms with Crippen LogP contribution in [0.2, 0.25) is 0 Å². The molecule has 5 nitrogen and oxygen atoms in total. The molecule has 2 aliphatic heterocycles.